The zero-order chi connectivity index (χ0) is 21.6. The molecular weight excluding hydrogens is 412 g/mol. The number of benzene rings is 1. The molecule has 0 aliphatic heterocycles. The van der Waals surface area contributed by atoms with E-state index in [0.717, 1.165) is 16.2 Å². The van der Waals surface area contributed by atoms with E-state index < -0.39 is 0 Å². The lowest BCUT2D eigenvalue weighted by Gasteiger charge is -2.16. The van der Waals surface area contributed by atoms with Gasteiger partial charge in [-0.25, -0.2) is 4.98 Å². The van der Waals surface area contributed by atoms with E-state index in [4.69, 9.17) is 4.74 Å². The number of thiophene rings is 1. The van der Waals surface area contributed by atoms with Crippen LogP contribution in [0.25, 0.3) is 5.65 Å². The van der Waals surface area contributed by atoms with Crippen LogP contribution in [0.3, 0.4) is 0 Å². The topological polar surface area (TPSA) is 84.7 Å². The highest BCUT2D eigenvalue weighted by Gasteiger charge is 2.18. The fraction of sp³-hybridized carbons (Fsp3) is 0.174. The van der Waals surface area contributed by atoms with Crippen LogP contribution in [-0.4, -0.2) is 21.2 Å². The van der Waals surface area contributed by atoms with Crippen LogP contribution >= 0.6 is 11.3 Å². The molecule has 31 heavy (non-hydrogen) atoms. The van der Waals surface area contributed by atoms with Crippen LogP contribution in [0.5, 0.6) is 5.75 Å². The first-order chi connectivity index (χ1) is 15.1. The molecule has 0 radical (unpaired) electrons. The maximum atomic E-state index is 12.6. The number of aromatic nitrogens is 2. The first kappa shape index (κ1) is 20.6. The average Bonchev–Trinajstić information content (AvgIpc) is 3.41. The van der Waals surface area contributed by atoms with Gasteiger partial charge in [0.1, 0.15) is 18.0 Å². The highest BCUT2D eigenvalue weighted by Crippen LogP contribution is 2.24. The summed E-state index contributed by atoms with van der Waals surface area (Å²) in [4.78, 5) is 29.6. The lowest BCUT2D eigenvalue weighted by Crippen LogP contribution is -2.29. The number of fused-ring (bicyclic) bond motifs is 1. The number of hydrogen-bond acceptors (Lipinski definition) is 5. The molecule has 4 rings (SSSR count). The standard InChI is InChI=1S/C23H22N4O3S/c1-16(28)24-20(21-8-5-11-31-21)13-23(29)26-17-6-4-7-19(12-17)30-15-18-14-27-10-3-2-9-22(27)25-18/h2-12,14,20H,13,15H2,1H3,(H,24,28)(H,26,29). The average molecular weight is 435 g/mol. The summed E-state index contributed by atoms with van der Waals surface area (Å²) in [6.45, 7) is 1.77. The Hall–Kier alpha value is -3.65. The Bertz CT molecular complexity index is 1150. The number of nitrogens with one attached hydrogen (secondary N) is 2. The number of carbonyl (C=O) groups excluding carboxylic acids is 2. The molecule has 0 fully saturated rings. The summed E-state index contributed by atoms with van der Waals surface area (Å²) in [6, 6.07) is 16.5. The lowest BCUT2D eigenvalue weighted by atomic mass is 10.1. The Morgan fingerprint density at radius 2 is 2.06 bits per heavy atom. The van der Waals surface area contributed by atoms with E-state index in [1.807, 2.05) is 64.6 Å². The largest absolute Gasteiger partial charge is 0.487 e. The monoisotopic (exact) mass is 434 g/mol. The van der Waals surface area contributed by atoms with Crippen molar-refractivity contribution in [2.24, 2.45) is 0 Å². The van der Waals surface area contributed by atoms with E-state index in [-0.39, 0.29) is 24.3 Å². The van der Waals surface area contributed by atoms with Gasteiger partial charge in [-0.2, -0.15) is 0 Å². The number of nitrogens with zero attached hydrogens (tertiary/aromatic N) is 2. The zero-order valence-electron chi connectivity index (χ0n) is 16.9. The first-order valence-corrected chi connectivity index (χ1v) is 10.7. The Labute approximate surface area is 183 Å². The minimum absolute atomic E-state index is 0.145. The van der Waals surface area contributed by atoms with E-state index in [9.17, 15) is 9.59 Å². The van der Waals surface area contributed by atoms with Gasteiger partial charge in [-0.15, -0.1) is 11.3 Å². The molecule has 4 aromatic rings. The second kappa shape index (κ2) is 9.44. The van der Waals surface area contributed by atoms with E-state index in [2.05, 4.69) is 15.6 Å². The Balaban J connectivity index is 1.37. The summed E-state index contributed by atoms with van der Waals surface area (Å²) in [5, 5.41) is 7.64. The number of rotatable bonds is 8. The molecule has 0 saturated heterocycles. The summed E-state index contributed by atoms with van der Waals surface area (Å²) in [5.74, 6) is 0.268. The summed E-state index contributed by atoms with van der Waals surface area (Å²) in [6.07, 6.45) is 4.01. The minimum Gasteiger partial charge on any atom is -0.487 e. The van der Waals surface area contributed by atoms with Crippen molar-refractivity contribution in [2.75, 3.05) is 5.32 Å². The summed E-state index contributed by atoms with van der Waals surface area (Å²) >= 11 is 1.51. The molecule has 158 valence electrons. The van der Waals surface area contributed by atoms with Crippen LogP contribution in [0.15, 0.2) is 72.4 Å². The minimum atomic E-state index is -0.355. The van der Waals surface area contributed by atoms with Gasteiger partial charge >= 0.3 is 0 Å². The van der Waals surface area contributed by atoms with Crippen molar-refractivity contribution in [1.29, 1.82) is 0 Å². The van der Waals surface area contributed by atoms with Crippen molar-refractivity contribution in [1.82, 2.24) is 14.7 Å². The molecule has 7 nitrogen and oxygen atoms in total. The zero-order valence-corrected chi connectivity index (χ0v) is 17.8. The molecule has 2 amide bonds. The number of imidazole rings is 1. The van der Waals surface area contributed by atoms with E-state index in [1.54, 1.807) is 12.1 Å². The van der Waals surface area contributed by atoms with Gasteiger partial charge in [-0.05, 0) is 35.7 Å². The number of hydrogen-bond donors (Lipinski definition) is 2. The van der Waals surface area contributed by atoms with Crippen molar-refractivity contribution < 1.29 is 14.3 Å². The first-order valence-electron chi connectivity index (χ1n) is 9.82. The van der Waals surface area contributed by atoms with Gasteiger partial charge < -0.3 is 19.8 Å². The van der Waals surface area contributed by atoms with Crippen LogP contribution in [0.4, 0.5) is 5.69 Å². The van der Waals surface area contributed by atoms with Crippen molar-refractivity contribution in [3.05, 3.63) is 82.9 Å². The fourth-order valence-electron chi connectivity index (χ4n) is 3.23. The van der Waals surface area contributed by atoms with Crippen molar-refractivity contribution >= 4 is 34.5 Å². The SMILES string of the molecule is CC(=O)NC(CC(=O)Nc1cccc(OCc2cn3ccccc3n2)c1)c1cccs1. The Morgan fingerprint density at radius 1 is 1.16 bits per heavy atom. The number of pyridine rings is 1. The predicted molar refractivity (Wildman–Crippen MR) is 120 cm³/mol. The van der Waals surface area contributed by atoms with Gasteiger partial charge in [-0.3, -0.25) is 9.59 Å². The van der Waals surface area contributed by atoms with E-state index >= 15 is 0 Å². The van der Waals surface area contributed by atoms with Gasteiger partial charge in [0.15, 0.2) is 0 Å². The highest BCUT2D eigenvalue weighted by atomic mass is 32.1. The molecule has 3 aromatic heterocycles. The molecule has 1 unspecified atom stereocenters. The molecule has 0 bridgehead atoms. The molecule has 0 saturated carbocycles. The number of ether oxygens (including phenoxy) is 1. The lowest BCUT2D eigenvalue weighted by molar-refractivity contribution is -0.120. The van der Waals surface area contributed by atoms with E-state index in [0.29, 0.717) is 18.0 Å². The van der Waals surface area contributed by atoms with Gasteiger partial charge in [0.25, 0.3) is 0 Å². The molecule has 0 spiro atoms. The number of anilines is 1. The van der Waals surface area contributed by atoms with Crippen LogP contribution in [0.2, 0.25) is 0 Å². The molecule has 3 heterocycles. The van der Waals surface area contributed by atoms with E-state index in [1.165, 1.54) is 18.3 Å². The Kier molecular flexibility index (Phi) is 6.28. The predicted octanol–water partition coefficient (Wildman–Crippen LogP) is 4.18. The fourth-order valence-corrected chi connectivity index (χ4v) is 4.01. The molecular formula is C23H22N4O3S. The Morgan fingerprint density at radius 3 is 2.84 bits per heavy atom. The van der Waals surface area contributed by atoms with Crippen LogP contribution in [-0.2, 0) is 16.2 Å². The second-order valence-electron chi connectivity index (χ2n) is 7.04. The van der Waals surface area contributed by atoms with Crippen LogP contribution in [0, 0.1) is 0 Å². The normalized spacial score (nSPS) is 11.8. The van der Waals surface area contributed by atoms with Gasteiger partial charge in [0.2, 0.25) is 11.8 Å². The van der Waals surface area contributed by atoms with Crippen molar-refractivity contribution in [3.8, 4) is 5.75 Å². The maximum absolute atomic E-state index is 12.6. The highest BCUT2D eigenvalue weighted by molar-refractivity contribution is 7.10. The third-order valence-electron chi connectivity index (χ3n) is 4.57. The van der Waals surface area contributed by atoms with Crippen molar-refractivity contribution in [2.45, 2.75) is 26.0 Å². The molecule has 2 N–H and O–H groups in total. The summed E-state index contributed by atoms with van der Waals surface area (Å²) in [5.41, 5.74) is 2.31. The van der Waals surface area contributed by atoms with Crippen LogP contribution in [0.1, 0.15) is 30.0 Å². The molecule has 1 atom stereocenters. The summed E-state index contributed by atoms with van der Waals surface area (Å²) in [7, 11) is 0. The smallest absolute Gasteiger partial charge is 0.226 e. The van der Waals surface area contributed by atoms with Gasteiger partial charge in [0.05, 0.1) is 18.2 Å². The molecule has 0 aliphatic rings. The quantitative estimate of drug-likeness (QED) is 0.436. The molecule has 1 aromatic carbocycles. The second-order valence-corrected chi connectivity index (χ2v) is 8.01. The molecule has 8 heteroatoms. The van der Waals surface area contributed by atoms with Crippen molar-refractivity contribution in [3.63, 3.8) is 0 Å². The van der Waals surface area contributed by atoms with Crippen LogP contribution < -0.4 is 15.4 Å². The third kappa shape index (κ3) is 5.49. The molecule has 0 aliphatic carbocycles. The van der Waals surface area contributed by atoms with Gasteiger partial charge in [-0.1, -0.05) is 18.2 Å². The maximum Gasteiger partial charge on any atom is 0.226 e. The summed E-state index contributed by atoms with van der Waals surface area (Å²) < 4.78 is 7.79. The third-order valence-corrected chi connectivity index (χ3v) is 5.56. The number of amides is 2. The van der Waals surface area contributed by atoms with Gasteiger partial charge in [0, 0.05) is 35.9 Å². The number of carbonyl (C=O) groups is 2.